The van der Waals surface area contributed by atoms with Crippen LogP contribution in [-0.2, 0) is 6.54 Å². The van der Waals surface area contributed by atoms with Gasteiger partial charge < -0.3 is 25.5 Å². The highest BCUT2D eigenvalue weighted by Gasteiger charge is 2.31. The van der Waals surface area contributed by atoms with E-state index in [2.05, 4.69) is 29.0 Å². The number of aliphatic hydroxyl groups is 1. The number of fused-ring (bicyclic) bond motifs is 1. The van der Waals surface area contributed by atoms with Crippen molar-refractivity contribution < 1.29 is 9.52 Å². The lowest BCUT2D eigenvalue weighted by atomic mass is 9.92. The summed E-state index contributed by atoms with van der Waals surface area (Å²) in [7, 11) is 0. The first kappa shape index (κ1) is 19.7. The fourth-order valence-corrected chi connectivity index (χ4v) is 3.98. The van der Waals surface area contributed by atoms with Crippen LogP contribution in [0.4, 0.5) is 11.4 Å². The predicted molar refractivity (Wildman–Crippen MR) is 115 cm³/mol. The van der Waals surface area contributed by atoms with Gasteiger partial charge in [-0.3, -0.25) is 4.98 Å². The first-order valence-electron chi connectivity index (χ1n) is 10.2. The van der Waals surface area contributed by atoms with Crippen LogP contribution < -0.4 is 16.0 Å². The molecule has 7 heteroatoms. The Morgan fingerprint density at radius 1 is 1.31 bits per heavy atom. The Morgan fingerprint density at radius 3 is 2.90 bits per heavy atom. The number of aliphatic hydroxyl groups excluding tert-OH is 1. The highest BCUT2D eigenvalue weighted by Crippen LogP contribution is 2.30. The van der Waals surface area contributed by atoms with Crippen LogP contribution in [0.2, 0.25) is 0 Å². The van der Waals surface area contributed by atoms with E-state index in [0.29, 0.717) is 19.0 Å². The fraction of sp³-hybridized carbons (Fsp3) is 0.455. The third-order valence-electron chi connectivity index (χ3n) is 5.68. The molecule has 0 bridgehead atoms. The maximum atomic E-state index is 10.2. The van der Waals surface area contributed by atoms with Gasteiger partial charge in [-0.15, -0.1) is 0 Å². The zero-order valence-electron chi connectivity index (χ0n) is 17.2. The molecule has 1 aliphatic rings. The van der Waals surface area contributed by atoms with Gasteiger partial charge in [-0.25, -0.2) is 4.98 Å². The van der Waals surface area contributed by atoms with Crippen molar-refractivity contribution in [3.63, 3.8) is 0 Å². The van der Waals surface area contributed by atoms with Crippen LogP contribution >= 0.6 is 0 Å². The molecule has 0 saturated carbocycles. The third kappa shape index (κ3) is 3.93. The van der Waals surface area contributed by atoms with Gasteiger partial charge in [-0.05, 0) is 24.1 Å². The van der Waals surface area contributed by atoms with Gasteiger partial charge in [0, 0.05) is 36.8 Å². The summed E-state index contributed by atoms with van der Waals surface area (Å²) in [4.78, 5) is 11.3. The molecule has 3 aromatic heterocycles. The van der Waals surface area contributed by atoms with Gasteiger partial charge in [-0.2, -0.15) is 0 Å². The average Bonchev–Trinajstić information content (AvgIpc) is 3.14. The number of piperidine rings is 1. The van der Waals surface area contributed by atoms with Crippen LogP contribution in [-0.4, -0.2) is 40.3 Å². The number of furan rings is 1. The normalized spacial score (nSPS) is 22.4. The first-order chi connectivity index (χ1) is 13.9. The molecule has 1 fully saturated rings. The molecule has 0 aromatic carbocycles. The smallest absolute Gasteiger partial charge is 0.152 e. The van der Waals surface area contributed by atoms with Crippen molar-refractivity contribution in [1.82, 2.24) is 9.97 Å². The second kappa shape index (κ2) is 8.00. The molecule has 4 rings (SSSR count). The Labute approximate surface area is 170 Å². The van der Waals surface area contributed by atoms with E-state index in [1.807, 2.05) is 31.3 Å². The monoisotopic (exact) mass is 395 g/mol. The highest BCUT2D eigenvalue weighted by molar-refractivity contribution is 5.77. The molecule has 7 nitrogen and oxygen atoms in total. The van der Waals surface area contributed by atoms with E-state index < -0.39 is 6.10 Å². The third-order valence-corrected chi connectivity index (χ3v) is 5.68. The van der Waals surface area contributed by atoms with E-state index in [0.717, 1.165) is 40.3 Å². The number of hydrogen-bond acceptors (Lipinski definition) is 7. The van der Waals surface area contributed by atoms with Gasteiger partial charge in [0.1, 0.15) is 5.52 Å². The van der Waals surface area contributed by atoms with E-state index >= 15 is 0 Å². The molecule has 0 unspecified atom stereocenters. The molecule has 4 N–H and O–H groups in total. The molecular formula is C22H29N5O2. The van der Waals surface area contributed by atoms with Crippen molar-refractivity contribution >= 4 is 22.5 Å². The topological polar surface area (TPSA) is 100 Å². The second-order valence-electron chi connectivity index (χ2n) is 8.28. The van der Waals surface area contributed by atoms with Gasteiger partial charge in [0.25, 0.3) is 0 Å². The number of nitrogens with one attached hydrogen (secondary N) is 1. The summed E-state index contributed by atoms with van der Waals surface area (Å²) >= 11 is 0. The molecule has 4 heterocycles. The summed E-state index contributed by atoms with van der Waals surface area (Å²) in [6.45, 7) is 8.25. The van der Waals surface area contributed by atoms with Gasteiger partial charge in [0.05, 0.1) is 42.2 Å². The maximum Gasteiger partial charge on any atom is 0.152 e. The molecule has 3 atom stereocenters. The molecule has 0 amide bonds. The number of aromatic nitrogens is 2. The second-order valence-corrected chi connectivity index (χ2v) is 8.28. The summed E-state index contributed by atoms with van der Waals surface area (Å²) in [6, 6.07) is 5.68. The van der Waals surface area contributed by atoms with Crippen LogP contribution in [0.3, 0.4) is 0 Å². The number of anilines is 2. The minimum Gasteiger partial charge on any atom is -0.462 e. The average molecular weight is 396 g/mol. The lowest BCUT2D eigenvalue weighted by Gasteiger charge is -2.40. The number of nitrogens with zero attached hydrogens (tertiary/aromatic N) is 3. The largest absolute Gasteiger partial charge is 0.462 e. The van der Waals surface area contributed by atoms with Crippen LogP contribution in [0.1, 0.15) is 37.9 Å². The molecule has 154 valence electrons. The van der Waals surface area contributed by atoms with Crippen LogP contribution in [0.15, 0.2) is 41.3 Å². The van der Waals surface area contributed by atoms with Crippen LogP contribution in [0, 0.1) is 5.92 Å². The van der Waals surface area contributed by atoms with Crippen molar-refractivity contribution in [2.24, 2.45) is 11.7 Å². The summed E-state index contributed by atoms with van der Waals surface area (Å²) < 4.78 is 5.62. The van der Waals surface area contributed by atoms with Crippen molar-refractivity contribution in [3.05, 3.63) is 48.1 Å². The van der Waals surface area contributed by atoms with Gasteiger partial charge in [0.15, 0.2) is 5.58 Å². The predicted octanol–water partition coefficient (Wildman–Crippen LogP) is 3.10. The van der Waals surface area contributed by atoms with Crippen LogP contribution in [0.25, 0.3) is 11.1 Å². The SMILES string of the molecule is CC(C)c1coc2ccc(CNc3cnccc3N3C[C@@H](N)[C@H](O)[C@@H](C)C3)nc12. The number of hydrogen-bond donors (Lipinski definition) is 3. The molecule has 0 spiro atoms. The summed E-state index contributed by atoms with van der Waals surface area (Å²) in [5, 5.41) is 13.6. The fourth-order valence-electron chi connectivity index (χ4n) is 3.98. The number of rotatable bonds is 5. The Balaban J connectivity index is 1.54. The Kier molecular flexibility index (Phi) is 5.43. The van der Waals surface area contributed by atoms with Crippen molar-refractivity contribution in [3.8, 4) is 0 Å². The first-order valence-corrected chi connectivity index (χ1v) is 10.2. The number of pyridine rings is 2. The molecule has 0 aliphatic carbocycles. The van der Waals surface area contributed by atoms with Gasteiger partial charge in [0.2, 0.25) is 0 Å². The standard InChI is InChI=1S/C22H29N5O2/c1-13(2)16-12-29-20-5-4-15(26-21(16)20)8-25-18-9-24-7-6-19(18)27-10-14(3)22(28)17(23)11-27/h4-7,9,12-14,17,22,25,28H,8,10-11,23H2,1-3H3/t14-,17+,22+/m0/s1. The Morgan fingerprint density at radius 2 is 2.14 bits per heavy atom. The minimum atomic E-state index is -0.467. The van der Waals surface area contributed by atoms with Crippen molar-refractivity contribution in [1.29, 1.82) is 0 Å². The van der Waals surface area contributed by atoms with E-state index in [1.165, 1.54) is 0 Å². The summed E-state index contributed by atoms with van der Waals surface area (Å²) in [6.07, 6.45) is 4.94. The van der Waals surface area contributed by atoms with Crippen LogP contribution in [0.5, 0.6) is 0 Å². The Hall–Kier alpha value is -2.64. The summed E-state index contributed by atoms with van der Waals surface area (Å²) in [5.41, 5.74) is 11.9. The molecule has 1 saturated heterocycles. The molecule has 1 aliphatic heterocycles. The molecular weight excluding hydrogens is 366 g/mol. The van der Waals surface area contributed by atoms with Crippen molar-refractivity contribution in [2.45, 2.75) is 45.4 Å². The van der Waals surface area contributed by atoms with E-state index in [9.17, 15) is 5.11 Å². The molecule has 3 aromatic rings. The zero-order valence-corrected chi connectivity index (χ0v) is 17.2. The summed E-state index contributed by atoms with van der Waals surface area (Å²) in [5.74, 6) is 0.469. The minimum absolute atomic E-state index is 0.111. The Bertz CT molecular complexity index is 974. The van der Waals surface area contributed by atoms with E-state index in [1.54, 1.807) is 12.5 Å². The zero-order chi connectivity index (χ0) is 20.5. The number of nitrogens with two attached hydrogens (primary N) is 1. The van der Waals surface area contributed by atoms with E-state index in [-0.39, 0.29) is 12.0 Å². The van der Waals surface area contributed by atoms with Gasteiger partial charge >= 0.3 is 0 Å². The maximum absolute atomic E-state index is 10.2. The highest BCUT2D eigenvalue weighted by atomic mass is 16.3. The molecule has 29 heavy (non-hydrogen) atoms. The van der Waals surface area contributed by atoms with Gasteiger partial charge in [-0.1, -0.05) is 20.8 Å². The lowest BCUT2D eigenvalue weighted by molar-refractivity contribution is 0.0785. The quantitative estimate of drug-likeness (QED) is 0.610. The van der Waals surface area contributed by atoms with Crippen molar-refractivity contribution in [2.75, 3.05) is 23.3 Å². The molecule has 0 radical (unpaired) electrons. The lowest BCUT2D eigenvalue weighted by Crippen LogP contribution is -2.55. The van der Waals surface area contributed by atoms with E-state index in [4.69, 9.17) is 15.1 Å².